The van der Waals surface area contributed by atoms with Crippen LogP contribution in [0.4, 0.5) is 0 Å². The van der Waals surface area contributed by atoms with Gasteiger partial charge >= 0.3 is 0 Å². The quantitative estimate of drug-likeness (QED) is 0.342. The van der Waals surface area contributed by atoms with Gasteiger partial charge in [-0.2, -0.15) is 0 Å². The third-order valence-corrected chi connectivity index (χ3v) is 5.04. The van der Waals surface area contributed by atoms with Crippen LogP contribution in [0.2, 0.25) is 0 Å². The lowest BCUT2D eigenvalue weighted by molar-refractivity contribution is -0.148. The fraction of sp³-hybridized carbons (Fsp3) is 0.909. The zero-order chi connectivity index (χ0) is 20.3. The summed E-state index contributed by atoms with van der Waals surface area (Å²) in [5.74, 6) is -0.419. The van der Waals surface area contributed by atoms with E-state index >= 15 is 0 Å². The molecule has 0 unspecified atom stereocenters. The predicted octanol–water partition coefficient (Wildman–Crippen LogP) is 4.44. The first-order valence-corrected chi connectivity index (χ1v) is 11.1. The van der Waals surface area contributed by atoms with E-state index < -0.39 is 25.0 Å². The molecule has 160 valence electrons. The number of rotatable bonds is 18. The number of carbonyl (C=O) groups is 2. The van der Waals surface area contributed by atoms with Gasteiger partial charge in [0.15, 0.2) is 0 Å². The molecular weight excluding hydrogens is 342 g/mol. The molecule has 2 N–H and O–H groups in total. The summed E-state index contributed by atoms with van der Waals surface area (Å²) in [6, 6.07) is 0. The first kappa shape index (κ1) is 26.1. The fourth-order valence-corrected chi connectivity index (χ4v) is 3.33. The average molecular weight is 386 g/mol. The number of aliphatic hydroxyl groups excluding tert-OH is 2. The highest BCUT2D eigenvalue weighted by Crippen LogP contribution is 2.14. The largest absolute Gasteiger partial charge is 0.387 e. The van der Waals surface area contributed by atoms with E-state index in [-0.39, 0.29) is 6.54 Å². The summed E-state index contributed by atoms with van der Waals surface area (Å²) in [5, 5.41) is 17.7. The summed E-state index contributed by atoms with van der Waals surface area (Å²) in [6.07, 6.45) is 17.5. The van der Waals surface area contributed by atoms with Crippen molar-refractivity contribution in [2.75, 3.05) is 19.8 Å². The van der Waals surface area contributed by atoms with E-state index in [0.717, 1.165) is 30.1 Å². The van der Waals surface area contributed by atoms with E-state index in [2.05, 4.69) is 13.8 Å². The zero-order valence-corrected chi connectivity index (χ0v) is 17.8. The molecule has 0 rings (SSSR count). The molecule has 0 fully saturated rings. The number of imide groups is 1. The van der Waals surface area contributed by atoms with Crippen LogP contribution < -0.4 is 0 Å². The monoisotopic (exact) mass is 385 g/mol. The van der Waals surface area contributed by atoms with Crippen molar-refractivity contribution >= 4 is 11.8 Å². The first-order valence-electron chi connectivity index (χ1n) is 11.1. The Labute approximate surface area is 166 Å². The summed E-state index contributed by atoms with van der Waals surface area (Å²) >= 11 is 0. The predicted molar refractivity (Wildman–Crippen MR) is 110 cm³/mol. The van der Waals surface area contributed by atoms with E-state index in [1.54, 1.807) is 0 Å². The number of aliphatic hydroxyl groups is 2. The number of carbonyl (C=O) groups excluding carboxylic acids is 2. The van der Waals surface area contributed by atoms with Crippen molar-refractivity contribution < 1.29 is 19.8 Å². The molecule has 0 aliphatic carbocycles. The molecule has 0 saturated carbocycles. The Hall–Kier alpha value is -0.940. The molecule has 0 radical (unpaired) electrons. The molecule has 0 spiro atoms. The smallest absolute Gasteiger partial charge is 0.254 e. The van der Waals surface area contributed by atoms with E-state index in [9.17, 15) is 9.59 Å². The van der Waals surface area contributed by atoms with Gasteiger partial charge in [0, 0.05) is 6.54 Å². The summed E-state index contributed by atoms with van der Waals surface area (Å²) in [6.45, 7) is 3.50. The van der Waals surface area contributed by atoms with E-state index in [1.807, 2.05) is 0 Å². The van der Waals surface area contributed by atoms with Crippen LogP contribution in [-0.2, 0) is 9.59 Å². The molecule has 0 aromatic heterocycles. The van der Waals surface area contributed by atoms with Gasteiger partial charge < -0.3 is 10.2 Å². The van der Waals surface area contributed by atoms with Gasteiger partial charge in [-0.25, -0.2) is 0 Å². The van der Waals surface area contributed by atoms with Crippen LogP contribution in [0, 0.1) is 5.92 Å². The second-order valence-corrected chi connectivity index (χ2v) is 8.03. The van der Waals surface area contributed by atoms with Crippen molar-refractivity contribution in [3.8, 4) is 0 Å². The Kier molecular flexibility index (Phi) is 17.8. The minimum atomic E-state index is -0.691. The van der Waals surface area contributed by atoms with Crippen molar-refractivity contribution in [2.45, 2.75) is 104 Å². The van der Waals surface area contributed by atoms with Crippen LogP contribution in [0.5, 0.6) is 0 Å². The van der Waals surface area contributed by atoms with Crippen LogP contribution in [0.1, 0.15) is 104 Å². The molecule has 0 bridgehead atoms. The topological polar surface area (TPSA) is 77.8 Å². The number of nitrogens with zero attached hydrogens (tertiary/aromatic N) is 1. The maximum absolute atomic E-state index is 11.4. The van der Waals surface area contributed by atoms with Gasteiger partial charge in [0.05, 0.1) is 0 Å². The van der Waals surface area contributed by atoms with Gasteiger partial charge in [-0.3, -0.25) is 14.5 Å². The molecule has 0 saturated heterocycles. The number of hydrogen-bond donors (Lipinski definition) is 2. The van der Waals surface area contributed by atoms with Crippen molar-refractivity contribution in [2.24, 2.45) is 5.92 Å². The Bertz CT molecular complexity index is 355. The molecule has 0 heterocycles. The van der Waals surface area contributed by atoms with E-state index in [0.29, 0.717) is 0 Å². The van der Waals surface area contributed by atoms with Crippen molar-refractivity contribution in [1.82, 2.24) is 4.90 Å². The lowest BCUT2D eigenvalue weighted by Crippen LogP contribution is -2.41. The van der Waals surface area contributed by atoms with E-state index in [4.69, 9.17) is 10.2 Å². The second-order valence-electron chi connectivity index (χ2n) is 8.03. The number of amides is 2. The average Bonchev–Trinajstić information content (AvgIpc) is 2.66. The number of unbranched alkanes of at least 4 members (excludes halogenated alkanes) is 12. The molecular formula is C22H43NO4. The lowest BCUT2D eigenvalue weighted by Gasteiger charge is -2.18. The molecule has 0 aliphatic heterocycles. The molecule has 0 aromatic carbocycles. The third-order valence-electron chi connectivity index (χ3n) is 5.04. The first-order chi connectivity index (χ1) is 13.0. The minimum Gasteiger partial charge on any atom is -0.387 e. The Balaban J connectivity index is 3.39. The molecule has 0 aliphatic rings. The Morgan fingerprint density at radius 2 is 0.963 bits per heavy atom. The molecule has 27 heavy (non-hydrogen) atoms. The molecule has 5 nitrogen and oxygen atoms in total. The van der Waals surface area contributed by atoms with Crippen LogP contribution in [0.15, 0.2) is 0 Å². The summed E-state index contributed by atoms with van der Waals surface area (Å²) in [7, 11) is 0. The maximum atomic E-state index is 11.4. The second kappa shape index (κ2) is 18.4. The number of hydrogen-bond acceptors (Lipinski definition) is 4. The van der Waals surface area contributed by atoms with Crippen LogP contribution in [-0.4, -0.2) is 46.7 Å². The van der Waals surface area contributed by atoms with Crippen LogP contribution in [0.3, 0.4) is 0 Å². The van der Waals surface area contributed by atoms with Crippen molar-refractivity contribution in [3.63, 3.8) is 0 Å². The summed E-state index contributed by atoms with van der Waals surface area (Å²) in [4.78, 5) is 23.9. The van der Waals surface area contributed by atoms with Gasteiger partial charge in [0.25, 0.3) is 11.8 Å². The Morgan fingerprint density at radius 1 is 0.630 bits per heavy atom. The lowest BCUT2D eigenvalue weighted by atomic mass is 10.0. The van der Waals surface area contributed by atoms with Crippen LogP contribution in [0.25, 0.3) is 0 Å². The highest BCUT2D eigenvalue weighted by molar-refractivity contribution is 5.96. The minimum absolute atomic E-state index is 0.288. The molecule has 2 amide bonds. The molecule has 0 aromatic rings. The summed E-state index contributed by atoms with van der Waals surface area (Å²) < 4.78 is 0. The zero-order valence-electron chi connectivity index (χ0n) is 17.8. The molecule has 0 atom stereocenters. The van der Waals surface area contributed by atoms with E-state index in [1.165, 1.54) is 70.6 Å². The van der Waals surface area contributed by atoms with Crippen LogP contribution >= 0.6 is 0 Å². The highest BCUT2D eigenvalue weighted by atomic mass is 16.3. The molecule has 5 heteroatoms. The van der Waals surface area contributed by atoms with Gasteiger partial charge in [-0.1, -0.05) is 97.3 Å². The Morgan fingerprint density at radius 3 is 1.30 bits per heavy atom. The van der Waals surface area contributed by atoms with Gasteiger partial charge in [-0.05, 0) is 12.3 Å². The summed E-state index contributed by atoms with van der Waals surface area (Å²) in [5.41, 5.74) is 0. The fourth-order valence-electron chi connectivity index (χ4n) is 3.33. The highest BCUT2D eigenvalue weighted by Gasteiger charge is 2.18. The van der Waals surface area contributed by atoms with Gasteiger partial charge in [-0.15, -0.1) is 0 Å². The normalized spacial score (nSPS) is 11.1. The van der Waals surface area contributed by atoms with Gasteiger partial charge in [0.1, 0.15) is 13.2 Å². The standard InChI is InChI=1S/C22H43NO4/c1-20(2)16-14-12-10-8-6-4-3-5-7-9-11-13-15-17-23(21(26)18-24)22(27)19-25/h20,24-25H,3-19H2,1-2H3. The van der Waals surface area contributed by atoms with Crippen molar-refractivity contribution in [3.05, 3.63) is 0 Å². The van der Waals surface area contributed by atoms with Crippen molar-refractivity contribution in [1.29, 1.82) is 0 Å². The maximum Gasteiger partial charge on any atom is 0.254 e. The third kappa shape index (κ3) is 15.8. The SMILES string of the molecule is CC(C)CCCCCCCCCCCCCCCN(C(=O)CO)C(=O)CO. The van der Waals surface area contributed by atoms with Gasteiger partial charge in [0.2, 0.25) is 0 Å².